The number of sulfone groups is 1. The number of rotatable bonds is 9. The van der Waals surface area contributed by atoms with E-state index in [1.54, 1.807) is 30.3 Å². The number of epoxide rings is 1. The first-order valence-electron chi connectivity index (χ1n) is 10.8. The van der Waals surface area contributed by atoms with E-state index in [0.717, 1.165) is 5.56 Å². The number of aliphatic hydroxyl groups excluding tert-OH is 1. The summed E-state index contributed by atoms with van der Waals surface area (Å²) in [5, 5.41) is 11.1. The number of ether oxygens (including phenoxy) is 1. The van der Waals surface area contributed by atoms with Crippen molar-refractivity contribution < 1.29 is 22.7 Å². The molecule has 2 aromatic rings. The predicted molar refractivity (Wildman–Crippen MR) is 125 cm³/mol. The monoisotopic (exact) mass is 462 g/mol. The van der Waals surface area contributed by atoms with Crippen LogP contribution in [0, 0.1) is 0 Å². The van der Waals surface area contributed by atoms with Gasteiger partial charge in [0.2, 0.25) is 14.8 Å². The first-order valence-corrected chi connectivity index (χ1v) is 15.1. The Balaban J connectivity index is 1.84. The van der Waals surface area contributed by atoms with Crippen molar-refractivity contribution in [1.82, 2.24) is 0 Å². The Morgan fingerprint density at radius 3 is 2.16 bits per heavy atom. The minimum atomic E-state index is -3.92. The molecule has 1 heterocycles. The highest BCUT2D eigenvalue weighted by Crippen LogP contribution is 2.50. The maximum Gasteiger partial charge on any atom is 0.228 e. The zero-order valence-electron chi connectivity index (χ0n) is 19.0. The van der Waals surface area contributed by atoms with Gasteiger partial charge in [-0.1, -0.05) is 69.3 Å². The molecule has 3 atom stereocenters. The second kappa shape index (κ2) is 8.79. The van der Waals surface area contributed by atoms with Crippen molar-refractivity contribution in [3.05, 3.63) is 66.2 Å². The molecule has 0 bridgehead atoms. The van der Waals surface area contributed by atoms with Crippen LogP contribution >= 0.6 is 0 Å². The zero-order valence-corrected chi connectivity index (χ0v) is 20.9. The fourth-order valence-corrected chi connectivity index (χ4v) is 6.50. The molecule has 7 heteroatoms. The Kier molecular flexibility index (Phi) is 6.84. The molecule has 31 heavy (non-hydrogen) atoms. The minimum Gasteiger partial charge on any atom is -0.414 e. The van der Waals surface area contributed by atoms with Gasteiger partial charge in [0.05, 0.1) is 11.5 Å². The second-order valence-electron chi connectivity index (χ2n) is 9.76. The van der Waals surface area contributed by atoms with Crippen LogP contribution in [0.4, 0.5) is 0 Å². The standard InChI is InChI=1S/C24H34O5SSi/c1-23(2,3)31(4,5)28-18-22-24(29-22,30(26,27)20-14-10-7-11-15-20)21(25)17-16-19-12-8-6-9-13-19/h6-15,21-22,25H,16-18H2,1-5H3/t21?,22-,24-/m0/s1. The van der Waals surface area contributed by atoms with E-state index in [-0.39, 0.29) is 23.0 Å². The topological polar surface area (TPSA) is 76.1 Å². The summed E-state index contributed by atoms with van der Waals surface area (Å²) in [6, 6.07) is 18.0. The van der Waals surface area contributed by atoms with Gasteiger partial charge in [0.15, 0.2) is 8.32 Å². The molecule has 1 aliphatic heterocycles. The van der Waals surface area contributed by atoms with E-state index < -0.39 is 35.3 Å². The van der Waals surface area contributed by atoms with Gasteiger partial charge in [-0.3, -0.25) is 0 Å². The van der Waals surface area contributed by atoms with Crippen molar-refractivity contribution in [3.8, 4) is 0 Å². The van der Waals surface area contributed by atoms with Crippen molar-refractivity contribution >= 4 is 18.2 Å². The van der Waals surface area contributed by atoms with Crippen LogP contribution in [-0.2, 0) is 25.4 Å². The number of aliphatic hydroxyl groups is 1. The van der Waals surface area contributed by atoms with Crippen LogP contribution in [0.3, 0.4) is 0 Å². The van der Waals surface area contributed by atoms with Gasteiger partial charge in [0.1, 0.15) is 12.2 Å². The number of hydrogen-bond donors (Lipinski definition) is 1. The SMILES string of the molecule is CC(C)(C)[Si](C)(C)OC[C@@H]1O[C@@]1(C(O)CCc1ccccc1)S(=O)(=O)c1ccccc1. The van der Waals surface area contributed by atoms with E-state index in [2.05, 4.69) is 33.9 Å². The van der Waals surface area contributed by atoms with Crippen molar-refractivity contribution in [1.29, 1.82) is 0 Å². The molecule has 2 aromatic carbocycles. The van der Waals surface area contributed by atoms with Crippen LogP contribution in [0.5, 0.6) is 0 Å². The Bertz CT molecular complexity index is 970. The summed E-state index contributed by atoms with van der Waals surface area (Å²) in [4.78, 5) is -1.52. The molecule has 5 nitrogen and oxygen atoms in total. The number of hydrogen-bond acceptors (Lipinski definition) is 5. The first kappa shape index (κ1) is 24.1. The lowest BCUT2D eigenvalue weighted by molar-refractivity contribution is 0.107. The van der Waals surface area contributed by atoms with Crippen LogP contribution in [-0.4, -0.2) is 45.6 Å². The fraction of sp³-hybridized carbons (Fsp3) is 0.500. The molecule has 170 valence electrons. The molecule has 1 N–H and O–H groups in total. The van der Waals surface area contributed by atoms with Gasteiger partial charge < -0.3 is 14.3 Å². The third kappa shape index (κ3) is 4.81. The molecule has 0 radical (unpaired) electrons. The van der Waals surface area contributed by atoms with E-state index in [4.69, 9.17) is 9.16 Å². The lowest BCUT2D eigenvalue weighted by Gasteiger charge is -2.36. The van der Waals surface area contributed by atoms with Gasteiger partial charge in [0, 0.05) is 0 Å². The lowest BCUT2D eigenvalue weighted by Crippen LogP contribution is -2.45. The van der Waals surface area contributed by atoms with Gasteiger partial charge in [-0.05, 0) is 48.7 Å². The summed E-state index contributed by atoms with van der Waals surface area (Å²) in [5.41, 5.74) is 1.04. The summed E-state index contributed by atoms with van der Waals surface area (Å²) in [5.74, 6) is 0. The van der Waals surface area contributed by atoms with Crippen LogP contribution < -0.4 is 0 Å². The summed E-state index contributed by atoms with van der Waals surface area (Å²) >= 11 is 0. The second-order valence-corrected chi connectivity index (χ2v) is 16.7. The highest BCUT2D eigenvalue weighted by atomic mass is 32.2. The van der Waals surface area contributed by atoms with Gasteiger partial charge in [-0.25, -0.2) is 8.42 Å². The van der Waals surface area contributed by atoms with E-state index in [0.29, 0.717) is 6.42 Å². The molecule has 3 rings (SSSR count). The lowest BCUT2D eigenvalue weighted by atomic mass is 10.0. The summed E-state index contributed by atoms with van der Waals surface area (Å²) in [6.07, 6.45) is -1.01. The largest absolute Gasteiger partial charge is 0.414 e. The average Bonchev–Trinajstić information content (AvgIpc) is 3.48. The summed E-state index contributed by atoms with van der Waals surface area (Å²) in [6.45, 7) is 10.8. The summed E-state index contributed by atoms with van der Waals surface area (Å²) in [7, 11) is -6.01. The molecule has 0 aliphatic carbocycles. The molecule has 1 aliphatic rings. The average molecular weight is 463 g/mol. The molecule has 0 aromatic heterocycles. The third-order valence-corrected chi connectivity index (χ3v) is 13.5. The zero-order chi connectivity index (χ0) is 22.9. The highest BCUT2D eigenvalue weighted by molar-refractivity contribution is 7.93. The molecular formula is C24H34O5SSi. The van der Waals surface area contributed by atoms with Crippen LogP contribution in [0.1, 0.15) is 32.8 Å². The van der Waals surface area contributed by atoms with Crippen molar-refractivity contribution in [2.75, 3.05) is 6.61 Å². The van der Waals surface area contributed by atoms with Crippen molar-refractivity contribution in [2.45, 2.75) is 73.8 Å². The Morgan fingerprint density at radius 2 is 1.61 bits per heavy atom. The van der Waals surface area contributed by atoms with Gasteiger partial charge in [0.25, 0.3) is 0 Å². The van der Waals surface area contributed by atoms with E-state index in [9.17, 15) is 13.5 Å². The Hall–Kier alpha value is -1.51. The quantitative estimate of drug-likeness (QED) is 0.436. The van der Waals surface area contributed by atoms with E-state index in [1.807, 2.05) is 30.3 Å². The predicted octanol–water partition coefficient (Wildman–Crippen LogP) is 4.57. The van der Waals surface area contributed by atoms with Crippen LogP contribution in [0.15, 0.2) is 65.6 Å². The van der Waals surface area contributed by atoms with E-state index in [1.165, 1.54) is 0 Å². The third-order valence-electron chi connectivity index (χ3n) is 6.61. The smallest absolute Gasteiger partial charge is 0.228 e. The maximum absolute atomic E-state index is 13.6. The van der Waals surface area contributed by atoms with Gasteiger partial charge in [-0.2, -0.15) is 0 Å². The highest BCUT2D eigenvalue weighted by Gasteiger charge is 2.70. The molecule has 0 spiro atoms. The Morgan fingerprint density at radius 1 is 1.06 bits per heavy atom. The Labute approximate surface area is 187 Å². The van der Waals surface area contributed by atoms with Crippen LogP contribution in [0.25, 0.3) is 0 Å². The van der Waals surface area contributed by atoms with Crippen molar-refractivity contribution in [2.24, 2.45) is 0 Å². The molecule has 0 saturated carbocycles. The fourth-order valence-electron chi connectivity index (χ4n) is 3.48. The molecular weight excluding hydrogens is 428 g/mol. The van der Waals surface area contributed by atoms with Crippen molar-refractivity contribution in [3.63, 3.8) is 0 Å². The van der Waals surface area contributed by atoms with E-state index >= 15 is 0 Å². The molecule has 1 unspecified atom stereocenters. The maximum atomic E-state index is 13.6. The first-order chi connectivity index (χ1) is 14.4. The minimum absolute atomic E-state index is 0.00518. The van der Waals surface area contributed by atoms with Gasteiger partial charge >= 0.3 is 0 Å². The summed E-state index contributed by atoms with van der Waals surface area (Å²) < 4.78 is 39.2. The molecule has 1 fully saturated rings. The number of benzene rings is 2. The molecule has 0 amide bonds. The molecule has 1 saturated heterocycles. The van der Waals surface area contributed by atoms with Gasteiger partial charge in [-0.15, -0.1) is 0 Å². The van der Waals surface area contributed by atoms with Crippen LogP contribution in [0.2, 0.25) is 18.1 Å². The number of aryl methyl sites for hydroxylation is 1. The normalized spacial score (nSPS) is 22.8.